The summed E-state index contributed by atoms with van der Waals surface area (Å²) in [6, 6.07) is 9.00. The van der Waals surface area contributed by atoms with E-state index in [1.807, 2.05) is 24.3 Å². The second-order valence-corrected chi connectivity index (χ2v) is 4.86. The Morgan fingerprint density at radius 2 is 1.90 bits per heavy atom. The number of carbonyl (C=O) groups excluding carboxylic acids is 1. The van der Waals surface area contributed by atoms with Gasteiger partial charge in [0.15, 0.2) is 5.78 Å². The number of phenols is 2. The molecule has 0 fully saturated rings. The zero-order chi connectivity index (χ0) is 14.3. The van der Waals surface area contributed by atoms with Crippen LogP contribution in [-0.2, 0) is 12.8 Å². The molecule has 0 spiro atoms. The highest BCUT2D eigenvalue weighted by molar-refractivity contribution is 6.00. The van der Waals surface area contributed by atoms with E-state index in [4.69, 9.17) is 4.74 Å². The quantitative estimate of drug-likeness (QED) is 0.781. The SMILES string of the molecule is CC(=O)c1c(O)cc2c(c1O)CCc1ccccc1O2. The molecule has 2 aromatic carbocycles. The van der Waals surface area contributed by atoms with Crippen molar-refractivity contribution in [1.29, 1.82) is 0 Å². The first-order valence-corrected chi connectivity index (χ1v) is 6.42. The molecule has 0 unspecified atom stereocenters. The van der Waals surface area contributed by atoms with Crippen LogP contribution >= 0.6 is 0 Å². The lowest BCUT2D eigenvalue weighted by atomic mass is 9.99. The average Bonchev–Trinajstić information content (AvgIpc) is 2.57. The standard InChI is InChI=1S/C16H14O4/c1-9(17)15-12(18)8-14-11(16(15)19)7-6-10-4-2-3-5-13(10)20-14/h2-5,8,18-19H,6-7H2,1H3. The number of carbonyl (C=O) groups is 1. The molecule has 20 heavy (non-hydrogen) atoms. The van der Waals surface area contributed by atoms with Crippen molar-refractivity contribution >= 4 is 5.78 Å². The van der Waals surface area contributed by atoms with Gasteiger partial charge in [-0.2, -0.15) is 0 Å². The van der Waals surface area contributed by atoms with Crippen LogP contribution in [0.1, 0.15) is 28.4 Å². The molecule has 1 aliphatic heterocycles. The van der Waals surface area contributed by atoms with E-state index in [1.54, 1.807) is 0 Å². The lowest BCUT2D eigenvalue weighted by molar-refractivity contribution is 0.101. The minimum absolute atomic E-state index is 0.0432. The first-order valence-electron chi connectivity index (χ1n) is 6.42. The van der Waals surface area contributed by atoms with Crippen LogP contribution in [0.4, 0.5) is 0 Å². The third-order valence-corrected chi connectivity index (χ3v) is 3.53. The van der Waals surface area contributed by atoms with Gasteiger partial charge in [-0.05, 0) is 31.4 Å². The van der Waals surface area contributed by atoms with Crippen molar-refractivity contribution in [2.24, 2.45) is 0 Å². The van der Waals surface area contributed by atoms with Crippen molar-refractivity contribution < 1.29 is 19.7 Å². The van der Waals surface area contributed by atoms with Crippen LogP contribution in [0.2, 0.25) is 0 Å². The minimum Gasteiger partial charge on any atom is -0.507 e. The predicted octanol–water partition coefficient (Wildman–Crippen LogP) is 3.19. The highest BCUT2D eigenvalue weighted by atomic mass is 16.5. The van der Waals surface area contributed by atoms with Gasteiger partial charge >= 0.3 is 0 Å². The van der Waals surface area contributed by atoms with Crippen molar-refractivity contribution in [2.75, 3.05) is 0 Å². The topological polar surface area (TPSA) is 66.8 Å². The number of fused-ring (bicyclic) bond motifs is 2. The number of para-hydroxylation sites is 1. The van der Waals surface area contributed by atoms with Gasteiger partial charge in [-0.3, -0.25) is 4.79 Å². The van der Waals surface area contributed by atoms with Crippen LogP contribution in [0.5, 0.6) is 23.0 Å². The minimum atomic E-state index is -0.371. The van der Waals surface area contributed by atoms with Crippen molar-refractivity contribution in [3.8, 4) is 23.0 Å². The normalized spacial score (nSPS) is 12.8. The van der Waals surface area contributed by atoms with Crippen molar-refractivity contribution in [3.05, 3.63) is 47.0 Å². The van der Waals surface area contributed by atoms with Gasteiger partial charge in [0.25, 0.3) is 0 Å². The zero-order valence-corrected chi connectivity index (χ0v) is 11.0. The zero-order valence-electron chi connectivity index (χ0n) is 11.0. The summed E-state index contributed by atoms with van der Waals surface area (Å²) in [5, 5.41) is 20.1. The number of phenolic OH excluding ortho intramolecular Hbond substituents is 2. The summed E-state index contributed by atoms with van der Waals surface area (Å²) >= 11 is 0. The van der Waals surface area contributed by atoms with E-state index in [-0.39, 0.29) is 22.8 Å². The molecule has 0 bridgehead atoms. The van der Waals surface area contributed by atoms with Gasteiger partial charge in [0.1, 0.15) is 28.6 Å². The van der Waals surface area contributed by atoms with Crippen LogP contribution in [-0.4, -0.2) is 16.0 Å². The van der Waals surface area contributed by atoms with E-state index in [0.717, 1.165) is 5.56 Å². The Kier molecular flexibility index (Phi) is 2.86. The van der Waals surface area contributed by atoms with Crippen molar-refractivity contribution in [3.63, 3.8) is 0 Å². The summed E-state index contributed by atoms with van der Waals surface area (Å²) in [6.07, 6.45) is 1.26. The predicted molar refractivity (Wildman–Crippen MR) is 73.7 cm³/mol. The number of hydrogen-bond acceptors (Lipinski definition) is 4. The molecular formula is C16H14O4. The van der Waals surface area contributed by atoms with Gasteiger partial charge in [-0.25, -0.2) is 0 Å². The monoisotopic (exact) mass is 270 g/mol. The molecule has 0 saturated carbocycles. The Balaban J connectivity index is 2.17. The Morgan fingerprint density at radius 1 is 1.15 bits per heavy atom. The molecule has 2 N–H and O–H groups in total. The van der Waals surface area contributed by atoms with Gasteiger partial charge < -0.3 is 14.9 Å². The summed E-state index contributed by atoms with van der Waals surface area (Å²) in [5.74, 6) is 0.300. The molecule has 0 atom stereocenters. The van der Waals surface area contributed by atoms with Gasteiger partial charge in [-0.1, -0.05) is 18.2 Å². The number of hydrogen-bond donors (Lipinski definition) is 2. The number of benzene rings is 2. The molecule has 3 rings (SSSR count). The second kappa shape index (κ2) is 4.56. The Bertz CT molecular complexity index is 704. The van der Waals surface area contributed by atoms with Gasteiger partial charge in [0.2, 0.25) is 0 Å². The number of ether oxygens (including phenoxy) is 1. The Hall–Kier alpha value is -2.49. The summed E-state index contributed by atoms with van der Waals surface area (Å²) in [5.41, 5.74) is 1.55. The largest absolute Gasteiger partial charge is 0.507 e. The lowest BCUT2D eigenvalue weighted by Crippen LogP contribution is -1.99. The van der Waals surface area contributed by atoms with Gasteiger partial charge in [0, 0.05) is 11.6 Å². The van der Waals surface area contributed by atoms with Crippen LogP contribution in [0.3, 0.4) is 0 Å². The number of Topliss-reactive ketones (excluding diaryl/α,β-unsaturated/α-hetero) is 1. The molecule has 0 saturated heterocycles. The molecule has 0 amide bonds. The molecule has 0 aromatic heterocycles. The smallest absolute Gasteiger partial charge is 0.167 e. The first-order chi connectivity index (χ1) is 9.58. The first kappa shape index (κ1) is 12.5. The fourth-order valence-electron chi connectivity index (χ4n) is 2.54. The maximum absolute atomic E-state index is 11.5. The maximum atomic E-state index is 11.5. The van der Waals surface area contributed by atoms with Crippen LogP contribution < -0.4 is 4.74 Å². The molecule has 102 valence electrons. The fraction of sp³-hybridized carbons (Fsp3) is 0.188. The summed E-state index contributed by atoms with van der Waals surface area (Å²) < 4.78 is 5.77. The van der Waals surface area contributed by atoms with Crippen LogP contribution in [0, 0.1) is 0 Å². The fourth-order valence-corrected chi connectivity index (χ4v) is 2.54. The Morgan fingerprint density at radius 3 is 2.65 bits per heavy atom. The van der Waals surface area contributed by atoms with Crippen LogP contribution in [0.15, 0.2) is 30.3 Å². The third kappa shape index (κ3) is 1.90. The molecule has 4 heteroatoms. The molecule has 0 radical (unpaired) electrons. The maximum Gasteiger partial charge on any atom is 0.167 e. The summed E-state index contributed by atoms with van der Waals surface area (Å²) in [6.45, 7) is 1.31. The van der Waals surface area contributed by atoms with Gasteiger partial charge in [-0.15, -0.1) is 0 Å². The molecule has 1 heterocycles. The lowest BCUT2D eigenvalue weighted by Gasteiger charge is -2.13. The van der Waals surface area contributed by atoms with Crippen molar-refractivity contribution in [1.82, 2.24) is 0 Å². The van der Waals surface area contributed by atoms with Crippen molar-refractivity contribution in [2.45, 2.75) is 19.8 Å². The average molecular weight is 270 g/mol. The molecule has 2 aromatic rings. The number of aryl methyl sites for hydroxylation is 1. The highest BCUT2D eigenvalue weighted by Gasteiger charge is 2.24. The summed E-state index contributed by atoms with van der Waals surface area (Å²) in [7, 11) is 0. The molecular weight excluding hydrogens is 256 g/mol. The van der Waals surface area contributed by atoms with E-state index >= 15 is 0 Å². The van der Waals surface area contributed by atoms with E-state index in [2.05, 4.69) is 0 Å². The number of rotatable bonds is 1. The van der Waals surface area contributed by atoms with E-state index in [1.165, 1.54) is 13.0 Å². The molecule has 1 aliphatic rings. The number of ketones is 1. The van der Waals surface area contributed by atoms with E-state index in [0.29, 0.717) is 29.9 Å². The highest BCUT2D eigenvalue weighted by Crippen LogP contribution is 2.43. The van der Waals surface area contributed by atoms with E-state index in [9.17, 15) is 15.0 Å². The van der Waals surface area contributed by atoms with Gasteiger partial charge in [0.05, 0.1) is 0 Å². The Labute approximate surface area is 116 Å². The second-order valence-electron chi connectivity index (χ2n) is 4.86. The number of aromatic hydroxyl groups is 2. The molecule has 4 nitrogen and oxygen atoms in total. The third-order valence-electron chi connectivity index (χ3n) is 3.53. The molecule has 0 aliphatic carbocycles. The summed E-state index contributed by atoms with van der Waals surface area (Å²) in [4.78, 5) is 11.5. The van der Waals surface area contributed by atoms with E-state index < -0.39 is 0 Å². The van der Waals surface area contributed by atoms with Crippen LogP contribution in [0.25, 0.3) is 0 Å².